The molecule has 1 aromatic rings. The molecule has 1 saturated carbocycles. The number of hydrogen-bond donors (Lipinski definition) is 4. The fourth-order valence-corrected chi connectivity index (χ4v) is 6.68. The van der Waals surface area contributed by atoms with Crippen molar-refractivity contribution in [1.82, 2.24) is 4.98 Å². The lowest BCUT2D eigenvalue weighted by molar-refractivity contribution is -0.150. The number of rotatable bonds is 8. The van der Waals surface area contributed by atoms with Crippen molar-refractivity contribution >= 4 is 28.3 Å². The number of nitrogens with one attached hydrogen (secondary N) is 1. The number of carboxylic acid groups (broad SMARTS) is 1. The first-order valence-electron chi connectivity index (χ1n) is 11.0. The Morgan fingerprint density at radius 3 is 2.67 bits per heavy atom. The normalized spacial score (nSPS) is 32.9. The van der Waals surface area contributed by atoms with Crippen LogP contribution in [0.25, 0.3) is 0 Å². The number of nitrogens with zero attached hydrogens (tertiary/aromatic N) is 1. The zero-order chi connectivity index (χ0) is 22.1. The van der Waals surface area contributed by atoms with Gasteiger partial charge in [0.05, 0.1) is 24.8 Å². The van der Waals surface area contributed by atoms with Gasteiger partial charge in [-0.1, -0.05) is 33.6 Å². The van der Waals surface area contributed by atoms with Crippen LogP contribution in [0.1, 0.15) is 82.2 Å². The Balaban J connectivity index is 1.94. The molecule has 0 unspecified atom stereocenters. The van der Waals surface area contributed by atoms with Gasteiger partial charge in [0.2, 0.25) is 5.91 Å². The van der Waals surface area contributed by atoms with Crippen molar-refractivity contribution in [2.24, 2.45) is 16.7 Å². The van der Waals surface area contributed by atoms with E-state index in [4.69, 9.17) is 0 Å². The van der Waals surface area contributed by atoms with Crippen LogP contribution in [0.3, 0.4) is 0 Å². The summed E-state index contributed by atoms with van der Waals surface area (Å²) in [5.74, 6) is -1.33. The number of aromatic nitrogens is 1. The van der Waals surface area contributed by atoms with Crippen LogP contribution >= 0.6 is 11.3 Å². The third-order valence-electron chi connectivity index (χ3n) is 7.53. The molecule has 4 N–H and O–H groups in total. The number of amides is 1. The Labute approximate surface area is 181 Å². The van der Waals surface area contributed by atoms with Gasteiger partial charge in [0.1, 0.15) is 0 Å². The first-order valence-corrected chi connectivity index (χ1v) is 11.8. The Morgan fingerprint density at radius 2 is 2.03 bits per heavy atom. The van der Waals surface area contributed by atoms with Crippen molar-refractivity contribution in [3.05, 3.63) is 10.6 Å². The topological polar surface area (TPSA) is 120 Å². The summed E-state index contributed by atoms with van der Waals surface area (Å²) in [6.45, 7) is 5.92. The number of carbonyl (C=O) groups is 2. The highest BCUT2D eigenvalue weighted by Crippen LogP contribution is 2.62. The average Bonchev–Trinajstić information content (AvgIpc) is 3.08. The predicted octanol–water partition coefficient (Wildman–Crippen LogP) is 3.55. The van der Waals surface area contributed by atoms with E-state index in [-0.39, 0.29) is 30.8 Å². The number of aliphatic carboxylic acids is 1. The molecule has 2 aliphatic rings. The lowest BCUT2D eigenvalue weighted by atomic mass is 9.47. The molecule has 0 saturated heterocycles. The van der Waals surface area contributed by atoms with Gasteiger partial charge in [-0.2, -0.15) is 0 Å². The van der Waals surface area contributed by atoms with Crippen LogP contribution in [0.15, 0.2) is 0 Å². The standard InChI is InChI=1S/C22H34N2O5S/c1-4-5-6-7-17(27)23-20-24-19-13(10-18(28)29)21(2)9-8-16(26)22(3,12-25)15(21)11-14(19)30-20/h13,15-16,25-26H,4-12H2,1-3H3,(H,28,29)(H,23,24,27)/t13-,15-,16-,21+,22+/m1/s1. The van der Waals surface area contributed by atoms with Gasteiger partial charge >= 0.3 is 5.97 Å². The molecule has 2 aliphatic carbocycles. The van der Waals surface area contributed by atoms with Crippen LogP contribution in [0.2, 0.25) is 0 Å². The number of anilines is 1. The third-order valence-corrected chi connectivity index (χ3v) is 8.54. The number of carbonyl (C=O) groups excluding carboxylic acids is 1. The molecule has 1 aromatic heterocycles. The molecule has 3 rings (SSSR count). The molecule has 1 heterocycles. The summed E-state index contributed by atoms with van der Waals surface area (Å²) in [6.07, 6.45) is 4.50. The Bertz CT molecular complexity index is 796. The maximum absolute atomic E-state index is 12.3. The van der Waals surface area contributed by atoms with E-state index in [1.54, 1.807) is 0 Å². The molecule has 0 spiro atoms. The fraction of sp³-hybridized carbons (Fsp3) is 0.773. The molecule has 0 radical (unpaired) electrons. The van der Waals surface area contributed by atoms with E-state index in [1.807, 2.05) is 6.92 Å². The summed E-state index contributed by atoms with van der Waals surface area (Å²) in [7, 11) is 0. The van der Waals surface area contributed by atoms with Gasteiger partial charge in [0.25, 0.3) is 0 Å². The lowest BCUT2D eigenvalue weighted by Crippen LogP contribution is -2.57. The number of carboxylic acids is 1. The van der Waals surface area contributed by atoms with Crippen LogP contribution in [0.4, 0.5) is 5.13 Å². The van der Waals surface area contributed by atoms with Crippen LogP contribution in [0, 0.1) is 16.7 Å². The lowest BCUT2D eigenvalue weighted by Gasteiger charge is -2.58. The van der Waals surface area contributed by atoms with E-state index < -0.39 is 22.9 Å². The van der Waals surface area contributed by atoms with Crippen LogP contribution in [-0.2, 0) is 16.0 Å². The Hall–Kier alpha value is -1.51. The highest BCUT2D eigenvalue weighted by Gasteiger charge is 2.59. The summed E-state index contributed by atoms with van der Waals surface area (Å²) in [5.41, 5.74) is -0.324. The van der Waals surface area contributed by atoms with Crippen molar-refractivity contribution in [2.45, 2.75) is 84.2 Å². The number of fused-ring (bicyclic) bond motifs is 2. The molecule has 7 nitrogen and oxygen atoms in total. The van der Waals surface area contributed by atoms with E-state index in [9.17, 15) is 24.9 Å². The quantitative estimate of drug-likeness (QED) is 0.461. The molecular formula is C22H34N2O5S. The Morgan fingerprint density at radius 1 is 1.30 bits per heavy atom. The SMILES string of the molecule is CCCCCC(=O)Nc1nc2c(s1)C[C@H]1[C@](C)(CO)[C@H](O)CC[C@@]1(C)[C@@H]2CC(=O)O. The molecule has 1 fully saturated rings. The second kappa shape index (κ2) is 8.93. The highest BCUT2D eigenvalue weighted by molar-refractivity contribution is 7.15. The van der Waals surface area contributed by atoms with Gasteiger partial charge in [-0.05, 0) is 37.0 Å². The summed E-state index contributed by atoms with van der Waals surface area (Å²) < 4.78 is 0. The van der Waals surface area contributed by atoms with Gasteiger partial charge < -0.3 is 20.6 Å². The third kappa shape index (κ3) is 4.14. The first kappa shape index (κ1) is 23.2. The van der Waals surface area contributed by atoms with Crippen molar-refractivity contribution < 1.29 is 24.9 Å². The maximum Gasteiger partial charge on any atom is 0.304 e. The van der Waals surface area contributed by atoms with Crippen LogP contribution < -0.4 is 5.32 Å². The van der Waals surface area contributed by atoms with Crippen molar-refractivity contribution in [1.29, 1.82) is 0 Å². The van der Waals surface area contributed by atoms with Crippen molar-refractivity contribution in [3.8, 4) is 0 Å². The van der Waals surface area contributed by atoms with Gasteiger partial charge in [-0.25, -0.2) is 4.98 Å². The van der Waals surface area contributed by atoms with Crippen molar-refractivity contribution in [3.63, 3.8) is 0 Å². The number of hydrogen-bond acceptors (Lipinski definition) is 6. The second-order valence-corrected chi connectivity index (χ2v) is 10.5. The van der Waals surface area contributed by atoms with Gasteiger partial charge in [0.15, 0.2) is 5.13 Å². The van der Waals surface area contributed by atoms with Gasteiger partial charge in [-0.15, -0.1) is 11.3 Å². The average molecular weight is 439 g/mol. The smallest absolute Gasteiger partial charge is 0.304 e. The summed E-state index contributed by atoms with van der Waals surface area (Å²) in [4.78, 5) is 29.6. The highest BCUT2D eigenvalue weighted by atomic mass is 32.1. The largest absolute Gasteiger partial charge is 0.481 e. The zero-order valence-corrected chi connectivity index (χ0v) is 18.9. The second-order valence-electron chi connectivity index (χ2n) is 9.46. The molecule has 0 bridgehead atoms. The van der Waals surface area contributed by atoms with Crippen LogP contribution in [0.5, 0.6) is 0 Å². The molecule has 8 heteroatoms. The van der Waals surface area contributed by atoms with E-state index in [1.165, 1.54) is 11.3 Å². The monoisotopic (exact) mass is 438 g/mol. The summed E-state index contributed by atoms with van der Waals surface area (Å²) >= 11 is 1.40. The minimum Gasteiger partial charge on any atom is -0.481 e. The minimum atomic E-state index is -0.886. The van der Waals surface area contributed by atoms with E-state index in [0.717, 1.165) is 29.8 Å². The Kier molecular flexibility index (Phi) is 6.89. The van der Waals surface area contributed by atoms with Gasteiger partial charge in [-0.3, -0.25) is 9.59 Å². The first-order chi connectivity index (χ1) is 14.2. The molecule has 168 valence electrons. The maximum atomic E-state index is 12.3. The summed E-state index contributed by atoms with van der Waals surface area (Å²) in [6, 6.07) is 0. The molecule has 0 aromatic carbocycles. The molecule has 0 aliphatic heterocycles. The molecule has 5 atom stereocenters. The van der Waals surface area contributed by atoms with E-state index >= 15 is 0 Å². The van der Waals surface area contributed by atoms with E-state index in [0.29, 0.717) is 30.8 Å². The number of aliphatic hydroxyl groups excluding tert-OH is 2. The number of unbranched alkanes of at least 4 members (excludes halogenated alkanes) is 2. The summed E-state index contributed by atoms with van der Waals surface area (Å²) in [5, 5.41) is 33.9. The molecule has 30 heavy (non-hydrogen) atoms. The minimum absolute atomic E-state index is 0.0504. The van der Waals surface area contributed by atoms with Gasteiger partial charge in [0, 0.05) is 22.6 Å². The fourth-order valence-electron chi connectivity index (χ4n) is 5.59. The zero-order valence-electron chi connectivity index (χ0n) is 18.1. The molecular weight excluding hydrogens is 404 g/mol. The van der Waals surface area contributed by atoms with E-state index in [2.05, 4.69) is 24.1 Å². The van der Waals surface area contributed by atoms with Crippen LogP contribution in [-0.4, -0.2) is 44.9 Å². The molecule has 1 amide bonds. The number of aliphatic hydroxyl groups is 2. The number of thiazole rings is 1. The predicted molar refractivity (Wildman–Crippen MR) is 116 cm³/mol. The van der Waals surface area contributed by atoms with Crippen molar-refractivity contribution in [2.75, 3.05) is 11.9 Å².